The van der Waals surface area contributed by atoms with Crippen LogP contribution in [-0.2, 0) is 16.1 Å². The minimum atomic E-state index is -0.257. The number of hydrogen-bond acceptors (Lipinski definition) is 4. The summed E-state index contributed by atoms with van der Waals surface area (Å²) in [6.07, 6.45) is 2.76. The lowest BCUT2D eigenvalue weighted by Crippen LogP contribution is -2.47. The van der Waals surface area contributed by atoms with Gasteiger partial charge in [-0.2, -0.15) is 0 Å². The second-order valence-electron chi connectivity index (χ2n) is 6.31. The van der Waals surface area contributed by atoms with Crippen molar-refractivity contribution in [3.05, 3.63) is 23.7 Å². The molecule has 2 saturated heterocycles. The Kier molecular flexibility index (Phi) is 4.04. The summed E-state index contributed by atoms with van der Waals surface area (Å²) in [4.78, 5) is 16.1. The molecule has 3 atom stereocenters. The van der Waals surface area contributed by atoms with Crippen LogP contribution in [0.5, 0.6) is 0 Å². The highest BCUT2D eigenvalue weighted by atomic mass is 16.5. The van der Waals surface area contributed by atoms with Crippen molar-refractivity contribution >= 4 is 5.91 Å². The van der Waals surface area contributed by atoms with E-state index in [2.05, 4.69) is 4.90 Å². The lowest BCUT2D eigenvalue weighted by atomic mass is 9.98. The van der Waals surface area contributed by atoms with E-state index in [4.69, 9.17) is 9.15 Å². The number of likely N-dealkylation sites (N-methyl/N-ethyl adjacent to an activating group) is 1. The zero-order chi connectivity index (χ0) is 15.0. The quantitative estimate of drug-likeness (QED) is 0.852. The number of rotatable bonds is 3. The van der Waals surface area contributed by atoms with Gasteiger partial charge in [0.15, 0.2) is 0 Å². The molecule has 0 saturated carbocycles. The molecule has 5 nitrogen and oxygen atoms in total. The number of carbonyl (C=O) groups is 1. The average molecular weight is 292 g/mol. The van der Waals surface area contributed by atoms with Gasteiger partial charge < -0.3 is 14.1 Å². The van der Waals surface area contributed by atoms with E-state index in [1.165, 1.54) is 0 Å². The Labute approximate surface area is 125 Å². The summed E-state index contributed by atoms with van der Waals surface area (Å²) in [7, 11) is 3.58. The summed E-state index contributed by atoms with van der Waals surface area (Å²) in [5.74, 6) is 2.06. The van der Waals surface area contributed by atoms with E-state index in [1.54, 1.807) is 19.0 Å². The molecule has 21 heavy (non-hydrogen) atoms. The number of hydrogen-bond donors (Lipinski definition) is 0. The molecule has 2 fully saturated rings. The fraction of sp³-hybridized carbons (Fsp3) is 0.688. The molecule has 116 valence electrons. The van der Waals surface area contributed by atoms with E-state index in [0.717, 1.165) is 43.9 Å². The van der Waals surface area contributed by atoms with Crippen molar-refractivity contribution in [2.24, 2.45) is 0 Å². The molecule has 0 N–H and O–H groups in total. The Morgan fingerprint density at radius 1 is 1.33 bits per heavy atom. The number of fused-ring (bicyclic) bond motifs is 1. The molecule has 1 aromatic rings. The standard InChI is InChI=1S/C16H24N2O3/c1-11-4-5-12(20-11)10-18-9-8-14-13(18)6-7-15(21-14)16(19)17(2)3/h4-5,13-15H,6-10H2,1-3H3/t13-,14-,15-/m1/s1. The molecule has 5 heteroatoms. The Hall–Kier alpha value is -1.33. The van der Waals surface area contributed by atoms with Crippen molar-refractivity contribution in [2.45, 2.75) is 51.0 Å². The van der Waals surface area contributed by atoms with Gasteiger partial charge in [-0.05, 0) is 38.3 Å². The molecule has 2 aliphatic rings. The van der Waals surface area contributed by atoms with Crippen LogP contribution in [0.2, 0.25) is 0 Å². The van der Waals surface area contributed by atoms with Gasteiger partial charge in [-0.15, -0.1) is 0 Å². The van der Waals surface area contributed by atoms with Crippen LogP contribution >= 0.6 is 0 Å². The molecular formula is C16H24N2O3. The summed E-state index contributed by atoms with van der Waals surface area (Å²) in [5.41, 5.74) is 0. The van der Waals surface area contributed by atoms with Crippen LogP contribution in [0.15, 0.2) is 16.5 Å². The van der Waals surface area contributed by atoms with Gasteiger partial charge in [-0.25, -0.2) is 0 Å². The normalized spacial score (nSPS) is 29.4. The summed E-state index contributed by atoms with van der Waals surface area (Å²) >= 11 is 0. The summed E-state index contributed by atoms with van der Waals surface area (Å²) < 4.78 is 11.7. The van der Waals surface area contributed by atoms with E-state index in [9.17, 15) is 4.79 Å². The molecule has 0 aromatic carbocycles. The van der Waals surface area contributed by atoms with Crippen LogP contribution < -0.4 is 0 Å². The third kappa shape index (κ3) is 2.99. The van der Waals surface area contributed by atoms with Crippen LogP contribution in [-0.4, -0.2) is 54.6 Å². The first-order valence-electron chi connectivity index (χ1n) is 7.70. The molecule has 1 aromatic heterocycles. The van der Waals surface area contributed by atoms with Crippen LogP contribution in [0, 0.1) is 6.92 Å². The topological polar surface area (TPSA) is 45.9 Å². The first-order chi connectivity index (χ1) is 10.0. The molecular weight excluding hydrogens is 268 g/mol. The predicted molar refractivity (Wildman–Crippen MR) is 78.8 cm³/mol. The van der Waals surface area contributed by atoms with Gasteiger partial charge in [0, 0.05) is 26.7 Å². The third-order valence-corrected chi connectivity index (χ3v) is 4.53. The Morgan fingerprint density at radius 2 is 2.14 bits per heavy atom. The molecule has 0 radical (unpaired) electrons. The fourth-order valence-electron chi connectivity index (χ4n) is 3.45. The van der Waals surface area contributed by atoms with Gasteiger partial charge in [0.05, 0.1) is 12.6 Å². The maximum atomic E-state index is 12.0. The first-order valence-corrected chi connectivity index (χ1v) is 7.70. The van der Waals surface area contributed by atoms with E-state index >= 15 is 0 Å². The van der Waals surface area contributed by atoms with Crippen molar-refractivity contribution in [2.75, 3.05) is 20.6 Å². The minimum absolute atomic E-state index is 0.0913. The molecule has 2 aliphatic heterocycles. The number of ether oxygens (including phenoxy) is 1. The molecule has 0 unspecified atom stereocenters. The van der Waals surface area contributed by atoms with Gasteiger partial charge in [0.2, 0.25) is 0 Å². The van der Waals surface area contributed by atoms with Crippen molar-refractivity contribution in [3.63, 3.8) is 0 Å². The number of amides is 1. The fourth-order valence-corrected chi connectivity index (χ4v) is 3.45. The first kappa shape index (κ1) is 14.6. The van der Waals surface area contributed by atoms with Crippen LogP contribution in [0.4, 0.5) is 0 Å². The van der Waals surface area contributed by atoms with Crippen LogP contribution in [0.3, 0.4) is 0 Å². The highest BCUT2D eigenvalue weighted by Crippen LogP contribution is 2.33. The Bertz CT molecular complexity index is 511. The minimum Gasteiger partial charge on any atom is -0.465 e. The van der Waals surface area contributed by atoms with Gasteiger partial charge in [-0.3, -0.25) is 9.69 Å². The second-order valence-corrected chi connectivity index (χ2v) is 6.31. The summed E-state index contributed by atoms with van der Waals surface area (Å²) in [6, 6.07) is 4.47. The van der Waals surface area contributed by atoms with Crippen molar-refractivity contribution in [1.29, 1.82) is 0 Å². The lowest BCUT2D eigenvalue weighted by molar-refractivity contribution is -0.152. The van der Waals surface area contributed by atoms with Crippen molar-refractivity contribution in [3.8, 4) is 0 Å². The highest BCUT2D eigenvalue weighted by molar-refractivity contribution is 5.80. The summed E-state index contributed by atoms with van der Waals surface area (Å²) in [6.45, 7) is 3.82. The Morgan fingerprint density at radius 3 is 2.81 bits per heavy atom. The van der Waals surface area contributed by atoms with Crippen molar-refractivity contribution in [1.82, 2.24) is 9.80 Å². The maximum absolute atomic E-state index is 12.0. The molecule has 0 spiro atoms. The van der Waals surface area contributed by atoms with Gasteiger partial charge in [0.1, 0.15) is 17.6 Å². The van der Waals surface area contributed by atoms with E-state index in [1.807, 2.05) is 19.1 Å². The molecule has 3 rings (SSSR count). The van der Waals surface area contributed by atoms with Gasteiger partial charge in [0.25, 0.3) is 5.91 Å². The third-order valence-electron chi connectivity index (χ3n) is 4.53. The summed E-state index contributed by atoms with van der Waals surface area (Å²) in [5, 5.41) is 0. The zero-order valence-corrected chi connectivity index (χ0v) is 13.0. The SMILES string of the molecule is Cc1ccc(CN2CC[C@H]3O[C@@H](C(=O)N(C)C)CC[C@H]32)o1. The number of aryl methyl sites for hydroxylation is 1. The molecule has 1 amide bonds. The molecule has 0 bridgehead atoms. The number of carbonyl (C=O) groups excluding carboxylic acids is 1. The molecule has 0 aliphatic carbocycles. The number of nitrogens with zero attached hydrogens (tertiary/aromatic N) is 2. The van der Waals surface area contributed by atoms with Crippen LogP contribution in [0.25, 0.3) is 0 Å². The van der Waals surface area contributed by atoms with E-state index in [-0.39, 0.29) is 18.1 Å². The monoisotopic (exact) mass is 292 g/mol. The van der Waals surface area contributed by atoms with Gasteiger partial charge >= 0.3 is 0 Å². The largest absolute Gasteiger partial charge is 0.465 e. The number of furan rings is 1. The van der Waals surface area contributed by atoms with Crippen LogP contribution in [0.1, 0.15) is 30.8 Å². The van der Waals surface area contributed by atoms with Crippen molar-refractivity contribution < 1.29 is 13.9 Å². The maximum Gasteiger partial charge on any atom is 0.251 e. The average Bonchev–Trinajstić information content (AvgIpc) is 3.05. The van der Waals surface area contributed by atoms with E-state index < -0.39 is 0 Å². The predicted octanol–water partition coefficient (Wildman–Crippen LogP) is 1.80. The zero-order valence-electron chi connectivity index (χ0n) is 13.0. The molecule has 3 heterocycles. The highest BCUT2D eigenvalue weighted by Gasteiger charge is 2.42. The lowest BCUT2D eigenvalue weighted by Gasteiger charge is -2.36. The smallest absolute Gasteiger partial charge is 0.251 e. The second kappa shape index (κ2) is 5.81. The number of likely N-dealkylation sites (tertiary alicyclic amines) is 1. The Balaban J connectivity index is 1.60. The van der Waals surface area contributed by atoms with E-state index in [0.29, 0.717) is 6.04 Å². The van der Waals surface area contributed by atoms with Gasteiger partial charge in [-0.1, -0.05) is 0 Å².